The lowest BCUT2D eigenvalue weighted by atomic mass is 9.92. The summed E-state index contributed by atoms with van der Waals surface area (Å²) in [5.74, 6) is 0.965. The number of benzene rings is 1. The molecule has 0 radical (unpaired) electrons. The Balaban J connectivity index is 1.75. The minimum absolute atomic E-state index is 0.0287. The Morgan fingerprint density at radius 2 is 2.14 bits per heavy atom. The van der Waals surface area contributed by atoms with E-state index in [9.17, 15) is 4.79 Å². The van der Waals surface area contributed by atoms with Crippen LogP contribution in [-0.4, -0.2) is 22.7 Å². The molecular weight excluding hydrogens is 266 g/mol. The number of anilines is 1. The molecule has 2 N–H and O–H groups in total. The normalized spacial score (nSPS) is 17.2. The van der Waals surface area contributed by atoms with Gasteiger partial charge in [0.25, 0.3) is 0 Å². The van der Waals surface area contributed by atoms with Crippen molar-refractivity contribution in [1.82, 2.24) is 10.2 Å². The van der Waals surface area contributed by atoms with Crippen LogP contribution in [0, 0.1) is 0 Å². The van der Waals surface area contributed by atoms with Crippen LogP contribution in [0.15, 0.2) is 30.3 Å². The zero-order valence-electron chi connectivity index (χ0n) is 12.4. The fourth-order valence-corrected chi connectivity index (χ4v) is 2.36. The zero-order chi connectivity index (χ0) is 15.0. The van der Waals surface area contributed by atoms with Gasteiger partial charge < -0.3 is 10.1 Å². The summed E-state index contributed by atoms with van der Waals surface area (Å²) >= 11 is 0. The van der Waals surface area contributed by atoms with Gasteiger partial charge in [0.1, 0.15) is 18.3 Å². The first-order chi connectivity index (χ1) is 9.95. The molecule has 0 fully saturated rings. The van der Waals surface area contributed by atoms with E-state index in [0.29, 0.717) is 12.4 Å². The van der Waals surface area contributed by atoms with Crippen LogP contribution in [-0.2, 0) is 10.2 Å². The predicted octanol–water partition coefficient (Wildman–Crippen LogP) is 2.82. The van der Waals surface area contributed by atoms with E-state index in [4.69, 9.17) is 4.74 Å². The van der Waals surface area contributed by atoms with Gasteiger partial charge in [0, 0.05) is 22.7 Å². The smallest absolute Gasteiger partial charge is 0.236 e. The molecule has 110 valence electrons. The first-order valence-electron chi connectivity index (χ1n) is 7.03. The largest absolute Gasteiger partial charge is 0.492 e. The van der Waals surface area contributed by atoms with E-state index in [1.165, 1.54) is 0 Å². The number of carbonyl (C=O) groups is 1. The summed E-state index contributed by atoms with van der Waals surface area (Å²) < 4.78 is 5.54. The van der Waals surface area contributed by atoms with Crippen molar-refractivity contribution in [3.63, 3.8) is 0 Å². The Labute approximate surface area is 123 Å². The maximum atomic E-state index is 12.4. The van der Waals surface area contributed by atoms with Crippen molar-refractivity contribution >= 4 is 11.7 Å². The fraction of sp³-hybridized carbons (Fsp3) is 0.375. The third-order valence-electron chi connectivity index (χ3n) is 3.65. The Bertz CT molecular complexity index is 670. The first kappa shape index (κ1) is 13.7. The van der Waals surface area contributed by atoms with Crippen molar-refractivity contribution < 1.29 is 9.53 Å². The van der Waals surface area contributed by atoms with Crippen molar-refractivity contribution in [2.45, 2.75) is 32.1 Å². The molecular formula is C16H19N3O2. The number of hydrogen-bond acceptors (Lipinski definition) is 3. The summed E-state index contributed by atoms with van der Waals surface area (Å²) in [6.45, 7) is 6.65. The molecule has 1 aliphatic heterocycles. The summed E-state index contributed by atoms with van der Waals surface area (Å²) in [5.41, 5.74) is 1.89. The second-order valence-electron chi connectivity index (χ2n) is 6.31. The van der Waals surface area contributed by atoms with Crippen molar-refractivity contribution in [3.8, 4) is 5.75 Å². The van der Waals surface area contributed by atoms with E-state index >= 15 is 0 Å². The SMILES string of the molecule is CC(C)(C)c1cc(NC(=O)C2COc3ccccc32)n[nH]1. The number of para-hydroxylation sites is 1. The number of ether oxygens (including phenoxy) is 1. The number of H-pyrrole nitrogens is 1. The molecule has 0 spiro atoms. The molecule has 0 saturated carbocycles. The molecule has 5 heteroatoms. The Hall–Kier alpha value is -2.30. The number of fused-ring (bicyclic) bond motifs is 1. The number of aromatic nitrogens is 2. The monoisotopic (exact) mass is 285 g/mol. The van der Waals surface area contributed by atoms with Gasteiger partial charge in [0.2, 0.25) is 5.91 Å². The molecule has 21 heavy (non-hydrogen) atoms. The van der Waals surface area contributed by atoms with Crippen molar-refractivity contribution in [3.05, 3.63) is 41.6 Å². The molecule has 1 atom stereocenters. The third kappa shape index (κ3) is 2.63. The number of nitrogens with one attached hydrogen (secondary N) is 2. The highest BCUT2D eigenvalue weighted by molar-refractivity contribution is 5.96. The summed E-state index contributed by atoms with van der Waals surface area (Å²) in [4.78, 5) is 12.4. The molecule has 1 amide bonds. The quantitative estimate of drug-likeness (QED) is 0.891. The van der Waals surface area contributed by atoms with Crippen LogP contribution in [0.5, 0.6) is 5.75 Å². The number of aromatic amines is 1. The molecule has 1 unspecified atom stereocenters. The lowest BCUT2D eigenvalue weighted by Gasteiger charge is -2.14. The lowest BCUT2D eigenvalue weighted by Crippen LogP contribution is -2.22. The van der Waals surface area contributed by atoms with E-state index in [1.807, 2.05) is 30.3 Å². The van der Waals surface area contributed by atoms with Crippen molar-refractivity contribution in [2.24, 2.45) is 0 Å². The van der Waals surface area contributed by atoms with Crippen molar-refractivity contribution in [1.29, 1.82) is 0 Å². The Kier molecular flexibility index (Phi) is 3.20. The topological polar surface area (TPSA) is 67.0 Å². The molecule has 3 rings (SSSR count). The summed E-state index contributed by atoms with van der Waals surface area (Å²) in [6.07, 6.45) is 0. The minimum atomic E-state index is -0.281. The standard InChI is InChI=1S/C16H19N3O2/c1-16(2,3)13-8-14(19-18-13)17-15(20)11-9-21-12-7-5-4-6-10(11)12/h4-8,11H,9H2,1-3H3,(H2,17,18,19,20). The van der Waals surface area contributed by atoms with Gasteiger partial charge in [-0.1, -0.05) is 39.0 Å². The van der Waals surface area contributed by atoms with E-state index in [1.54, 1.807) is 0 Å². The van der Waals surface area contributed by atoms with Gasteiger partial charge in [-0.2, -0.15) is 5.10 Å². The van der Waals surface area contributed by atoms with Crippen molar-refractivity contribution in [2.75, 3.05) is 11.9 Å². The predicted molar refractivity (Wildman–Crippen MR) is 80.6 cm³/mol. The second-order valence-corrected chi connectivity index (χ2v) is 6.31. The average molecular weight is 285 g/mol. The van der Waals surface area contributed by atoms with E-state index in [0.717, 1.165) is 17.0 Å². The maximum absolute atomic E-state index is 12.4. The van der Waals surface area contributed by atoms with Gasteiger partial charge in [-0.25, -0.2) is 0 Å². The second kappa shape index (κ2) is 4.91. The highest BCUT2D eigenvalue weighted by Gasteiger charge is 2.30. The summed E-state index contributed by atoms with van der Waals surface area (Å²) in [7, 11) is 0. The van der Waals surface area contributed by atoms with Crippen LogP contribution in [0.4, 0.5) is 5.82 Å². The van der Waals surface area contributed by atoms with Gasteiger partial charge in [-0.3, -0.25) is 9.89 Å². The molecule has 0 saturated heterocycles. The van der Waals surface area contributed by atoms with Crippen LogP contribution in [0.2, 0.25) is 0 Å². The summed E-state index contributed by atoms with van der Waals surface area (Å²) in [6, 6.07) is 9.51. The van der Waals surface area contributed by atoms with Gasteiger partial charge in [0.05, 0.1) is 0 Å². The fourth-order valence-electron chi connectivity index (χ4n) is 2.36. The number of hydrogen-bond donors (Lipinski definition) is 2. The Morgan fingerprint density at radius 1 is 1.38 bits per heavy atom. The molecule has 5 nitrogen and oxygen atoms in total. The van der Waals surface area contributed by atoms with Gasteiger partial charge in [-0.15, -0.1) is 0 Å². The molecule has 0 bridgehead atoms. The highest BCUT2D eigenvalue weighted by Crippen LogP contribution is 2.34. The minimum Gasteiger partial charge on any atom is -0.492 e. The maximum Gasteiger partial charge on any atom is 0.236 e. The number of nitrogens with zero attached hydrogens (tertiary/aromatic N) is 1. The van der Waals surface area contributed by atoms with Crippen LogP contribution >= 0.6 is 0 Å². The van der Waals surface area contributed by atoms with Crippen LogP contribution < -0.4 is 10.1 Å². The van der Waals surface area contributed by atoms with Gasteiger partial charge in [-0.05, 0) is 6.07 Å². The molecule has 0 aliphatic carbocycles. The molecule has 1 aliphatic rings. The number of rotatable bonds is 2. The molecule has 2 heterocycles. The number of amides is 1. The van der Waals surface area contributed by atoms with Gasteiger partial charge in [0.15, 0.2) is 5.82 Å². The van der Waals surface area contributed by atoms with E-state index in [2.05, 4.69) is 36.3 Å². The van der Waals surface area contributed by atoms with E-state index in [-0.39, 0.29) is 17.2 Å². The average Bonchev–Trinajstić information content (AvgIpc) is 3.03. The highest BCUT2D eigenvalue weighted by atomic mass is 16.5. The third-order valence-corrected chi connectivity index (χ3v) is 3.65. The molecule has 1 aromatic carbocycles. The lowest BCUT2D eigenvalue weighted by molar-refractivity contribution is -0.117. The Morgan fingerprint density at radius 3 is 2.86 bits per heavy atom. The molecule has 2 aromatic rings. The van der Waals surface area contributed by atoms with Crippen LogP contribution in [0.1, 0.15) is 37.9 Å². The van der Waals surface area contributed by atoms with Crippen LogP contribution in [0.3, 0.4) is 0 Å². The van der Waals surface area contributed by atoms with E-state index < -0.39 is 0 Å². The first-order valence-corrected chi connectivity index (χ1v) is 7.03. The zero-order valence-corrected chi connectivity index (χ0v) is 12.4. The van der Waals surface area contributed by atoms with Crippen LogP contribution in [0.25, 0.3) is 0 Å². The number of carbonyl (C=O) groups excluding carboxylic acids is 1. The summed E-state index contributed by atoms with van der Waals surface area (Å²) in [5, 5.41) is 9.97. The molecule has 1 aromatic heterocycles. The van der Waals surface area contributed by atoms with Gasteiger partial charge >= 0.3 is 0 Å².